The summed E-state index contributed by atoms with van der Waals surface area (Å²) in [6.07, 6.45) is 0. The van der Waals surface area contributed by atoms with Gasteiger partial charge in [0.1, 0.15) is 0 Å². The fraction of sp³-hybridized carbons (Fsp3) is 0.0769. The highest BCUT2D eigenvalue weighted by Crippen LogP contribution is 2.35. The summed E-state index contributed by atoms with van der Waals surface area (Å²) in [5.41, 5.74) is 8.84. The molecule has 1 nitrogen and oxygen atoms in total. The van der Waals surface area contributed by atoms with Crippen LogP contribution in [0.25, 0.3) is 38.6 Å². The first-order chi connectivity index (χ1) is 13.2. The van der Waals surface area contributed by atoms with Crippen molar-refractivity contribution in [3.8, 4) is 16.8 Å². The summed E-state index contributed by atoms with van der Waals surface area (Å²) >= 11 is 0. The summed E-state index contributed by atoms with van der Waals surface area (Å²) < 4.78 is 2.39. The molecule has 4 aromatic carbocycles. The molecule has 27 heavy (non-hydrogen) atoms. The molecule has 0 radical (unpaired) electrons. The minimum Gasteiger partial charge on any atom is -0.309 e. The van der Waals surface area contributed by atoms with Gasteiger partial charge in [-0.05, 0) is 60.4 Å². The molecule has 1 heterocycles. The molecule has 1 heteroatoms. The Morgan fingerprint density at radius 1 is 0.593 bits per heavy atom. The van der Waals surface area contributed by atoms with Crippen molar-refractivity contribution >= 4 is 21.8 Å². The third-order valence-corrected chi connectivity index (χ3v) is 5.39. The van der Waals surface area contributed by atoms with Gasteiger partial charge in [0.05, 0.1) is 11.0 Å². The lowest BCUT2D eigenvalue weighted by atomic mass is 9.99. The molecule has 1 aromatic heterocycles. The van der Waals surface area contributed by atoms with E-state index >= 15 is 0 Å². The Bertz CT molecular complexity index is 1290. The number of hydrogen-bond acceptors (Lipinski definition) is 0. The second-order valence-electron chi connectivity index (χ2n) is 7.24. The van der Waals surface area contributed by atoms with Gasteiger partial charge in [-0.2, -0.15) is 0 Å². The van der Waals surface area contributed by atoms with Crippen LogP contribution >= 0.6 is 0 Å². The van der Waals surface area contributed by atoms with Crippen molar-refractivity contribution in [2.45, 2.75) is 13.8 Å². The molecular weight excluding hydrogens is 326 g/mol. The van der Waals surface area contributed by atoms with Crippen LogP contribution in [0.4, 0.5) is 0 Å². The Labute approximate surface area is 159 Å². The van der Waals surface area contributed by atoms with E-state index in [1.165, 1.54) is 49.7 Å². The predicted octanol–water partition coefficient (Wildman–Crippen LogP) is 7.07. The number of aryl methyl sites for hydroxylation is 2. The second kappa shape index (κ2) is 6.14. The molecule has 0 fully saturated rings. The van der Waals surface area contributed by atoms with Crippen molar-refractivity contribution in [3.63, 3.8) is 0 Å². The molecule has 0 aliphatic rings. The molecule has 0 bridgehead atoms. The van der Waals surface area contributed by atoms with E-state index in [1.807, 2.05) is 0 Å². The minimum atomic E-state index is 1.21. The third-order valence-electron chi connectivity index (χ3n) is 5.39. The summed E-state index contributed by atoms with van der Waals surface area (Å²) in [4.78, 5) is 0. The molecule has 0 N–H and O–H groups in total. The Morgan fingerprint density at radius 2 is 1.37 bits per heavy atom. The van der Waals surface area contributed by atoms with E-state index in [1.54, 1.807) is 0 Å². The average molecular weight is 347 g/mol. The number of benzene rings is 4. The van der Waals surface area contributed by atoms with Crippen LogP contribution in [-0.4, -0.2) is 4.57 Å². The molecule has 0 aliphatic heterocycles. The molecule has 0 amide bonds. The molecule has 0 spiro atoms. The molecule has 0 saturated heterocycles. The second-order valence-corrected chi connectivity index (χ2v) is 7.24. The van der Waals surface area contributed by atoms with Crippen molar-refractivity contribution in [2.24, 2.45) is 0 Å². The van der Waals surface area contributed by atoms with Crippen LogP contribution in [0, 0.1) is 13.8 Å². The van der Waals surface area contributed by atoms with Crippen LogP contribution < -0.4 is 0 Å². The first-order valence-electron chi connectivity index (χ1n) is 9.38. The van der Waals surface area contributed by atoms with Crippen LogP contribution in [0.15, 0.2) is 91.0 Å². The van der Waals surface area contributed by atoms with Gasteiger partial charge >= 0.3 is 0 Å². The first-order valence-corrected chi connectivity index (χ1v) is 9.38. The van der Waals surface area contributed by atoms with Gasteiger partial charge in [0, 0.05) is 16.5 Å². The van der Waals surface area contributed by atoms with Gasteiger partial charge in [-0.1, -0.05) is 66.7 Å². The normalized spacial score (nSPS) is 11.3. The number of rotatable bonds is 2. The van der Waals surface area contributed by atoms with Gasteiger partial charge in [0.15, 0.2) is 0 Å². The van der Waals surface area contributed by atoms with Crippen LogP contribution in [0.3, 0.4) is 0 Å². The van der Waals surface area contributed by atoms with Crippen molar-refractivity contribution in [3.05, 3.63) is 102 Å². The summed E-state index contributed by atoms with van der Waals surface area (Å²) in [7, 11) is 0. The maximum Gasteiger partial charge on any atom is 0.0547 e. The van der Waals surface area contributed by atoms with Gasteiger partial charge in [-0.15, -0.1) is 0 Å². The molecular formula is C26H21N. The van der Waals surface area contributed by atoms with Crippen molar-refractivity contribution in [2.75, 3.05) is 0 Å². The third kappa shape index (κ3) is 2.55. The first kappa shape index (κ1) is 15.9. The largest absolute Gasteiger partial charge is 0.309 e. The summed E-state index contributed by atoms with van der Waals surface area (Å²) in [6.45, 7) is 4.33. The van der Waals surface area contributed by atoms with E-state index in [0.29, 0.717) is 0 Å². The fourth-order valence-corrected chi connectivity index (χ4v) is 4.08. The van der Waals surface area contributed by atoms with E-state index in [9.17, 15) is 0 Å². The van der Waals surface area contributed by atoms with Crippen molar-refractivity contribution in [1.29, 1.82) is 0 Å². The van der Waals surface area contributed by atoms with Crippen LogP contribution in [-0.2, 0) is 0 Å². The quantitative estimate of drug-likeness (QED) is 0.322. The monoisotopic (exact) mass is 347 g/mol. The lowest BCUT2D eigenvalue weighted by Crippen LogP contribution is -1.94. The number of aromatic nitrogens is 1. The van der Waals surface area contributed by atoms with Crippen LogP contribution in [0.1, 0.15) is 11.1 Å². The Balaban J connectivity index is 1.88. The highest BCUT2D eigenvalue weighted by atomic mass is 15.0. The topological polar surface area (TPSA) is 4.93 Å². The number of nitrogens with zero attached hydrogens (tertiary/aromatic N) is 1. The number of para-hydroxylation sites is 1. The van der Waals surface area contributed by atoms with Gasteiger partial charge in [0.25, 0.3) is 0 Å². The summed E-state index contributed by atoms with van der Waals surface area (Å²) in [6, 6.07) is 32.9. The van der Waals surface area contributed by atoms with Crippen molar-refractivity contribution in [1.82, 2.24) is 4.57 Å². The Kier molecular flexibility index (Phi) is 3.61. The smallest absolute Gasteiger partial charge is 0.0547 e. The molecule has 0 unspecified atom stereocenters. The average Bonchev–Trinajstić information content (AvgIpc) is 3.02. The SMILES string of the molecule is Cc1cccc(-n2c3ccccc3c3ccc(-c4ccccc4C)cc32)c1. The number of fused-ring (bicyclic) bond motifs is 3. The van der Waals surface area contributed by atoms with E-state index in [0.717, 1.165) is 0 Å². The molecule has 0 aliphatic carbocycles. The molecule has 5 rings (SSSR count). The summed E-state index contributed by atoms with van der Waals surface area (Å²) in [5.74, 6) is 0. The molecule has 5 aromatic rings. The van der Waals surface area contributed by atoms with Crippen LogP contribution in [0.5, 0.6) is 0 Å². The lowest BCUT2D eigenvalue weighted by Gasteiger charge is -2.10. The fourth-order valence-electron chi connectivity index (χ4n) is 4.08. The van der Waals surface area contributed by atoms with E-state index in [-0.39, 0.29) is 0 Å². The number of hydrogen-bond donors (Lipinski definition) is 0. The summed E-state index contributed by atoms with van der Waals surface area (Å²) in [5, 5.41) is 2.59. The molecule has 0 saturated carbocycles. The Morgan fingerprint density at radius 3 is 2.22 bits per heavy atom. The zero-order valence-corrected chi connectivity index (χ0v) is 15.6. The molecule has 130 valence electrons. The standard InChI is InChI=1S/C26H21N/c1-18-8-7-10-21(16-18)27-25-13-6-5-12-23(25)24-15-14-20(17-26(24)27)22-11-4-3-9-19(22)2/h3-17H,1-2H3. The Hall–Kier alpha value is -3.32. The maximum absolute atomic E-state index is 2.39. The predicted molar refractivity (Wildman–Crippen MR) is 116 cm³/mol. The van der Waals surface area contributed by atoms with E-state index < -0.39 is 0 Å². The zero-order valence-electron chi connectivity index (χ0n) is 15.6. The van der Waals surface area contributed by atoms with Gasteiger partial charge in [0.2, 0.25) is 0 Å². The van der Waals surface area contributed by atoms with Gasteiger partial charge in [-0.25, -0.2) is 0 Å². The van der Waals surface area contributed by atoms with Crippen molar-refractivity contribution < 1.29 is 0 Å². The maximum atomic E-state index is 2.39. The highest BCUT2D eigenvalue weighted by molar-refractivity contribution is 6.10. The molecule has 0 atom stereocenters. The van der Waals surface area contributed by atoms with E-state index in [4.69, 9.17) is 0 Å². The highest BCUT2D eigenvalue weighted by Gasteiger charge is 2.13. The van der Waals surface area contributed by atoms with Gasteiger partial charge < -0.3 is 4.57 Å². The minimum absolute atomic E-state index is 1.21. The van der Waals surface area contributed by atoms with E-state index in [2.05, 4.69) is 109 Å². The lowest BCUT2D eigenvalue weighted by molar-refractivity contribution is 1.17. The van der Waals surface area contributed by atoms with Gasteiger partial charge in [-0.3, -0.25) is 0 Å². The zero-order chi connectivity index (χ0) is 18.4. The van der Waals surface area contributed by atoms with Crippen LogP contribution in [0.2, 0.25) is 0 Å².